The monoisotopic (exact) mass is 206 g/mol. The van der Waals surface area contributed by atoms with E-state index in [4.69, 9.17) is 9.47 Å². The Kier molecular flexibility index (Phi) is 3.08. The van der Waals surface area contributed by atoms with Crippen LogP contribution >= 0.6 is 0 Å². The summed E-state index contributed by atoms with van der Waals surface area (Å²) in [7, 11) is 0. The Labute approximate surface area is 91.2 Å². The molecule has 2 heteroatoms. The van der Waals surface area contributed by atoms with Gasteiger partial charge in [0.2, 0.25) is 0 Å². The Morgan fingerprint density at radius 3 is 2.80 bits per heavy atom. The lowest BCUT2D eigenvalue weighted by molar-refractivity contribution is -0.164. The Balaban J connectivity index is 2.10. The largest absolute Gasteiger partial charge is 0.353 e. The Morgan fingerprint density at radius 2 is 2.13 bits per heavy atom. The van der Waals surface area contributed by atoms with Gasteiger partial charge in [-0.2, -0.15) is 0 Å². The van der Waals surface area contributed by atoms with Gasteiger partial charge in [0.1, 0.15) is 0 Å². The van der Waals surface area contributed by atoms with Crippen molar-refractivity contribution in [3.63, 3.8) is 0 Å². The van der Waals surface area contributed by atoms with Crippen LogP contribution in [0, 0.1) is 0 Å². The molecule has 0 aromatic heterocycles. The van der Waals surface area contributed by atoms with E-state index in [9.17, 15) is 0 Å². The fraction of sp³-hybridized carbons (Fsp3) is 0.538. The second-order valence-corrected chi connectivity index (χ2v) is 4.14. The number of benzene rings is 1. The second kappa shape index (κ2) is 4.33. The zero-order chi connectivity index (χ0) is 10.7. The van der Waals surface area contributed by atoms with Gasteiger partial charge in [-0.1, -0.05) is 30.3 Å². The van der Waals surface area contributed by atoms with Gasteiger partial charge in [0.05, 0.1) is 5.60 Å². The third-order valence-corrected chi connectivity index (χ3v) is 2.99. The molecule has 2 nitrogen and oxygen atoms in total. The smallest absolute Gasteiger partial charge is 0.158 e. The fourth-order valence-corrected chi connectivity index (χ4v) is 2.11. The highest BCUT2D eigenvalue weighted by Crippen LogP contribution is 2.38. The maximum atomic E-state index is 5.95. The molecule has 1 aromatic rings. The number of hydrogen-bond acceptors (Lipinski definition) is 2. The predicted octanol–water partition coefficient (Wildman–Crippen LogP) is 3.07. The summed E-state index contributed by atoms with van der Waals surface area (Å²) in [5.41, 5.74) is 1.08. The summed E-state index contributed by atoms with van der Waals surface area (Å²) in [6.07, 6.45) is 1.99. The molecule has 1 aromatic carbocycles. The van der Waals surface area contributed by atoms with Crippen molar-refractivity contribution in [2.45, 2.75) is 38.6 Å². The van der Waals surface area contributed by atoms with Gasteiger partial charge in [-0.05, 0) is 25.8 Å². The van der Waals surface area contributed by atoms with Crippen molar-refractivity contribution in [1.82, 2.24) is 0 Å². The molecule has 0 radical (unpaired) electrons. The zero-order valence-electron chi connectivity index (χ0n) is 9.40. The van der Waals surface area contributed by atoms with Crippen molar-refractivity contribution >= 4 is 0 Å². The summed E-state index contributed by atoms with van der Waals surface area (Å²) in [6, 6.07) is 10.4. The standard InChI is InChI=1S/C13H18O2/c1-3-14-12-9-10-13(2,15-12)11-7-5-4-6-8-11/h4-8,12H,3,9-10H2,1-2H3. The first-order valence-electron chi connectivity index (χ1n) is 5.59. The molecule has 1 saturated heterocycles. The van der Waals surface area contributed by atoms with Crippen molar-refractivity contribution in [1.29, 1.82) is 0 Å². The number of hydrogen-bond donors (Lipinski definition) is 0. The van der Waals surface area contributed by atoms with Gasteiger partial charge in [-0.3, -0.25) is 0 Å². The molecule has 1 aliphatic heterocycles. The van der Waals surface area contributed by atoms with Crippen LogP contribution in [0.2, 0.25) is 0 Å². The minimum Gasteiger partial charge on any atom is -0.353 e. The van der Waals surface area contributed by atoms with E-state index in [2.05, 4.69) is 31.2 Å². The van der Waals surface area contributed by atoms with E-state index in [1.807, 2.05) is 13.0 Å². The predicted molar refractivity (Wildman–Crippen MR) is 59.5 cm³/mol. The van der Waals surface area contributed by atoms with Gasteiger partial charge in [0, 0.05) is 13.0 Å². The quantitative estimate of drug-likeness (QED) is 0.756. The molecule has 0 saturated carbocycles. The van der Waals surface area contributed by atoms with Crippen LogP contribution in [0.3, 0.4) is 0 Å². The molecule has 0 N–H and O–H groups in total. The van der Waals surface area contributed by atoms with Crippen LogP contribution < -0.4 is 0 Å². The van der Waals surface area contributed by atoms with E-state index < -0.39 is 0 Å². The molecule has 0 spiro atoms. The SMILES string of the molecule is CCOC1CCC(C)(c2ccccc2)O1. The summed E-state index contributed by atoms with van der Waals surface area (Å²) >= 11 is 0. The van der Waals surface area contributed by atoms with Crippen LogP contribution in [-0.4, -0.2) is 12.9 Å². The topological polar surface area (TPSA) is 18.5 Å². The first kappa shape index (κ1) is 10.7. The van der Waals surface area contributed by atoms with E-state index in [0.717, 1.165) is 19.4 Å². The van der Waals surface area contributed by atoms with E-state index in [1.54, 1.807) is 0 Å². The summed E-state index contributed by atoms with van der Waals surface area (Å²) < 4.78 is 11.5. The van der Waals surface area contributed by atoms with Crippen molar-refractivity contribution in [3.8, 4) is 0 Å². The summed E-state index contributed by atoms with van der Waals surface area (Å²) in [6.45, 7) is 4.86. The minimum absolute atomic E-state index is 0.0276. The highest BCUT2D eigenvalue weighted by atomic mass is 16.7. The van der Waals surface area contributed by atoms with Crippen LogP contribution in [0.5, 0.6) is 0 Å². The van der Waals surface area contributed by atoms with Gasteiger partial charge >= 0.3 is 0 Å². The summed E-state index contributed by atoms with van der Waals surface area (Å²) in [5.74, 6) is 0. The van der Waals surface area contributed by atoms with E-state index in [0.29, 0.717) is 0 Å². The van der Waals surface area contributed by atoms with E-state index >= 15 is 0 Å². The molecule has 1 aliphatic rings. The van der Waals surface area contributed by atoms with E-state index in [-0.39, 0.29) is 11.9 Å². The number of rotatable bonds is 3. The fourth-order valence-electron chi connectivity index (χ4n) is 2.11. The number of ether oxygens (including phenoxy) is 2. The minimum atomic E-state index is -0.166. The summed E-state index contributed by atoms with van der Waals surface area (Å²) in [5, 5.41) is 0. The second-order valence-electron chi connectivity index (χ2n) is 4.14. The van der Waals surface area contributed by atoms with Crippen LogP contribution in [-0.2, 0) is 15.1 Å². The van der Waals surface area contributed by atoms with Gasteiger partial charge in [0.15, 0.2) is 6.29 Å². The third-order valence-electron chi connectivity index (χ3n) is 2.99. The van der Waals surface area contributed by atoms with Gasteiger partial charge in [-0.25, -0.2) is 0 Å². The van der Waals surface area contributed by atoms with Crippen molar-refractivity contribution in [2.75, 3.05) is 6.61 Å². The van der Waals surface area contributed by atoms with Crippen molar-refractivity contribution in [2.24, 2.45) is 0 Å². The Bertz CT molecular complexity index is 310. The normalized spacial score (nSPS) is 30.7. The van der Waals surface area contributed by atoms with Gasteiger partial charge < -0.3 is 9.47 Å². The molecule has 2 unspecified atom stereocenters. The molecular formula is C13H18O2. The van der Waals surface area contributed by atoms with Crippen molar-refractivity contribution in [3.05, 3.63) is 35.9 Å². The maximum absolute atomic E-state index is 5.95. The Morgan fingerprint density at radius 1 is 1.40 bits per heavy atom. The van der Waals surface area contributed by atoms with E-state index in [1.165, 1.54) is 5.56 Å². The van der Waals surface area contributed by atoms with Gasteiger partial charge in [0.25, 0.3) is 0 Å². The molecule has 2 rings (SSSR count). The molecule has 1 heterocycles. The molecule has 0 bridgehead atoms. The molecule has 82 valence electrons. The van der Waals surface area contributed by atoms with Crippen LogP contribution in [0.15, 0.2) is 30.3 Å². The molecule has 2 atom stereocenters. The zero-order valence-corrected chi connectivity index (χ0v) is 9.40. The average Bonchev–Trinajstić information content (AvgIpc) is 2.64. The van der Waals surface area contributed by atoms with Crippen LogP contribution in [0.1, 0.15) is 32.3 Å². The third kappa shape index (κ3) is 2.21. The lowest BCUT2D eigenvalue weighted by Gasteiger charge is -2.25. The molecular weight excluding hydrogens is 188 g/mol. The first-order chi connectivity index (χ1) is 7.24. The highest BCUT2D eigenvalue weighted by molar-refractivity contribution is 5.22. The highest BCUT2D eigenvalue weighted by Gasteiger charge is 2.37. The van der Waals surface area contributed by atoms with Crippen molar-refractivity contribution < 1.29 is 9.47 Å². The summed E-state index contributed by atoms with van der Waals surface area (Å²) in [4.78, 5) is 0. The molecule has 0 amide bonds. The maximum Gasteiger partial charge on any atom is 0.158 e. The van der Waals surface area contributed by atoms with Crippen LogP contribution in [0.25, 0.3) is 0 Å². The first-order valence-corrected chi connectivity index (χ1v) is 5.59. The average molecular weight is 206 g/mol. The molecule has 1 fully saturated rings. The molecule has 15 heavy (non-hydrogen) atoms. The van der Waals surface area contributed by atoms with Crippen LogP contribution in [0.4, 0.5) is 0 Å². The lowest BCUT2D eigenvalue weighted by Crippen LogP contribution is -2.23. The Hall–Kier alpha value is -0.860. The lowest BCUT2D eigenvalue weighted by atomic mass is 9.93. The molecule has 0 aliphatic carbocycles. The van der Waals surface area contributed by atoms with Gasteiger partial charge in [-0.15, -0.1) is 0 Å².